The fourth-order valence-electron chi connectivity index (χ4n) is 1.51. The summed E-state index contributed by atoms with van der Waals surface area (Å²) in [5, 5.41) is 0. The number of hydrogen-bond donors (Lipinski definition) is 0. The van der Waals surface area contributed by atoms with Gasteiger partial charge in [-0.05, 0) is 12.5 Å². The summed E-state index contributed by atoms with van der Waals surface area (Å²) in [6, 6.07) is 9.74. The van der Waals surface area contributed by atoms with Crippen molar-refractivity contribution in [2.75, 3.05) is 0 Å². The number of carbonyl (C=O) groups is 1. The van der Waals surface area contributed by atoms with E-state index < -0.39 is 0 Å². The van der Waals surface area contributed by atoms with Crippen LogP contribution in [0.1, 0.15) is 18.4 Å². The van der Waals surface area contributed by atoms with Gasteiger partial charge in [-0.15, -0.1) is 0 Å². The molecule has 1 aromatic rings. The number of rotatable bonds is 1. The third-order valence-electron chi connectivity index (χ3n) is 2.18. The van der Waals surface area contributed by atoms with Crippen molar-refractivity contribution >= 4 is 5.97 Å². The topological polar surface area (TPSA) is 26.3 Å². The maximum absolute atomic E-state index is 11.0. The van der Waals surface area contributed by atoms with E-state index in [0.717, 1.165) is 5.56 Å². The molecular weight excluding hydrogens is 152 g/mol. The summed E-state index contributed by atoms with van der Waals surface area (Å²) in [5.41, 5.74) is 1.06. The van der Waals surface area contributed by atoms with Crippen molar-refractivity contribution in [2.45, 2.75) is 18.9 Å². The van der Waals surface area contributed by atoms with Gasteiger partial charge in [-0.3, -0.25) is 4.79 Å². The normalized spacial score (nSPS) is 27.6. The summed E-state index contributed by atoms with van der Waals surface area (Å²) in [5.74, 6) is -0.139. The van der Waals surface area contributed by atoms with Crippen molar-refractivity contribution in [3.05, 3.63) is 35.9 Å². The summed E-state index contributed by atoms with van der Waals surface area (Å²) in [6.07, 6.45) is 0.0416. The maximum atomic E-state index is 11.0. The van der Waals surface area contributed by atoms with Gasteiger partial charge in [-0.2, -0.15) is 0 Å². The molecule has 0 N–H and O–H groups in total. The highest BCUT2D eigenvalue weighted by atomic mass is 16.6. The van der Waals surface area contributed by atoms with E-state index in [2.05, 4.69) is 0 Å². The van der Waals surface area contributed by atoms with Crippen LogP contribution >= 0.6 is 0 Å². The zero-order chi connectivity index (χ0) is 8.55. The molecule has 1 aliphatic heterocycles. The Morgan fingerprint density at radius 1 is 1.25 bits per heavy atom. The molecule has 0 radical (unpaired) electrons. The first-order valence-corrected chi connectivity index (χ1v) is 4.04. The average molecular weight is 162 g/mol. The molecular formula is C10H10O2. The molecule has 2 unspecified atom stereocenters. The van der Waals surface area contributed by atoms with Crippen LogP contribution in [0.2, 0.25) is 0 Å². The lowest BCUT2D eigenvalue weighted by Crippen LogP contribution is -2.40. The second kappa shape index (κ2) is 2.63. The highest BCUT2D eigenvalue weighted by Crippen LogP contribution is 2.31. The standard InChI is InChI=1S/C10H10O2/c1-7-9(10(11)12-7)8-5-3-2-4-6-8/h2-7,9H,1H3. The zero-order valence-electron chi connectivity index (χ0n) is 6.86. The molecule has 2 atom stereocenters. The smallest absolute Gasteiger partial charge is 0.317 e. The zero-order valence-corrected chi connectivity index (χ0v) is 6.86. The number of carbonyl (C=O) groups excluding carboxylic acids is 1. The number of esters is 1. The van der Waals surface area contributed by atoms with Gasteiger partial charge < -0.3 is 4.74 Å². The van der Waals surface area contributed by atoms with E-state index in [9.17, 15) is 4.79 Å². The minimum atomic E-state index is -0.103. The van der Waals surface area contributed by atoms with Crippen molar-refractivity contribution in [3.8, 4) is 0 Å². The van der Waals surface area contributed by atoms with E-state index >= 15 is 0 Å². The number of benzene rings is 1. The van der Waals surface area contributed by atoms with E-state index in [1.807, 2.05) is 37.3 Å². The molecule has 0 aromatic heterocycles. The van der Waals surface area contributed by atoms with Gasteiger partial charge in [-0.1, -0.05) is 30.3 Å². The number of cyclic esters (lactones) is 1. The SMILES string of the molecule is CC1OC(=O)C1c1ccccc1. The Labute approximate surface area is 71.2 Å². The molecule has 2 nitrogen and oxygen atoms in total. The van der Waals surface area contributed by atoms with Gasteiger partial charge in [-0.25, -0.2) is 0 Å². The minimum absolute atomic E-state index is 0.0359. The lowest BCUT2D eigenvalue weighted by molar-refractivity contribution is -0.172. The lowest BCUT2D eigenvalue weighted by atomic mass is 9.90. The van der Waals surface area contributed by atoms with Crippen LogP contribution in [-0.2, 0) is 9.53 Å². The van der Waals surface area contributed by atoms with Crippen LogP contribution in [0.3, 0.4) is 0 Å². The summed E-state index contributed by atoms with van der Waals surface area (Å²) in [7, 11) is 0. The predicted octanol–water partition coefficient (Wildman–Crippen LogP) is 1.72. The number of ether oxygens (including phenoxy) is 1. The Balaban J connectivity index is 2.26. The Bertz CT molecular complexity index is 292. The fraction of sp³-hybridized carbons (Fsp3) is 0.300. The lowest BCUT2D eigenvalue weighted by Gasteiger charge is -2.32. The number of hydrogen-bond acceptors (Lipinski definition) is 2. The van der Waals surface area contributed by atoms with Gasteiger partial charge in [0.15, 0.2) is 0 Å². The molecule has 0 saturated carbocycles. The molecule has 62 valence electrons. The molecule has 0 spiro atoms. The van der Waals surface area contributed by atoms with Crippen LogP contribution in [-0.4, -0.2) is 12.1 Å². The molecule has 0 aliphatic carbocycles. The van der Waals surface area contributed by atoms with Crippen molar-refractivity contribution in [1.82, 2.24) is 0 Å². The van der Waals surface area contributed by atoms with E-state index in [1.165, 1.54) is 0 Å². The van der Waals surface area contributed by atoms with E-state index in [0.29, 0.717) is 0 Å². The van der Waals surface area contributed by atoms with Crippen LogP contribution < -0.4 is 0 Å². The van der Waals surface area contributed by atoms with E-state index in [4.69, 9.17) is 4.74 Å². The molecule has 1 fully saturated rings. The summed E-state index contributed by atoms with van der Waals surface area (Å²) < 4.78 is 4.87. The van der Waals surface area contributed by atoms with Crippen molar-refractivity contribution in [2.24, 2.45) is 0 Å². The summed E-state index contributed by atoms with van der Waals surface area (Å²) >= 11 is 0. The van der Waals surface area contributed by atoms with Crippen molar-refractivity contribution in [3.63, 3.8) is 0 Å². The monoisotopic (exact) mass is 162 g/mol. The second-order valence-electron chi connectivity index (χ2n) is 3.03. The molecule has 1 aliphatic rings. The highest BCUT2D eigenvalue weighted by Gasteiger charge is 2.39. The molecule has 2 heteroatoms. The first-order valence-electron chi connectivity index (χ1n) is 4.04. The largest absolute Gasteiger partial charge is 0.461 e. The third kappa shape index (κ3) is 0.998. The van der Waals surface area contributed by atoms with Gasteiger partial charge in [0, 0.05) is 0 Å². The van der Waals surface area contributed by atoms with Crippen LogP contribution in [0.4, 0.5) is 0 Å². The minimum Gasteiger partial charge on any atom is -0.461 e. The Kier molecular flexibility index (Phi) is 1.61. The molecule has 1 aromatic carbocycles. The van der Waals surface area contributed by atoms with Crippen LogP contribution in [0, 0.1) is 0 Å². The summed E-state index contributed by atoms with van der Waals surface area (Å²) in [4.78, 5) is 11.0. The maximum Gasteiger partial charge on any atom is 0.317 e. The van der Waals surface area contributed by atoms with Gasteiger partial charge in [0.2, 0.25) is 0 Å². The van der Waals surface area contributed by atoms with Crippen LogP contribution in [0.5, 0.6) is 0 Å². The van der Waals surface area contributed by atoms with E-state index in [1.54, 1.807) is 0 Å². The van der Waals surface area contributed by atoms with Crippen LogP contribution in [0.15, 0.2) is 30.3 Å². The van der Waals surface area contributed by atoms with Gasteiger partial charge >= 0.3 is 5.97 Å². The quantitative estimate of drug-likeness (QED) is 0.588. The third-order valence-corrected chi connectivity index (χ3v) is 2.18. The summed E-state index contributed by atoms with van der Waals surface area (Å²) in [6.45, 7) is 1.92. The van der Waals surface area contributed by atoms with Gasteiger partial charge in [0.1, 0.15) is 12.0 Å². The average Bonchev–Trinajstić information content (AvgIpc) is 2.05. The molecule has 0 amide bonds. The van der Waals surface area contributed by atoms with Crippen LogP contribution in [0.25, 0.3) is 0 Å². The molecule has 1 saturated heterocycles. The van der Waals surface area contributed by atoms with Gasteiger partial charge in [0.25, 0.3) is 0 Å². The fourth-order valence-corrected chi connectivity index (χ4v) is 1.51. The van der Waals surface area contributed by atoms with Gasteiger partial charge in [0.05, 0.1) is 0 Å². The highest BCUT2D eigenvalue weighted by molar-refractivity contribution is 5.84. The predicted molar refractivity (Wildman–Crippen MR) is 44.7 cm³/mol. The molecule has 1 heterocycles. The first kappa shape index (κ1) is 7.35. The van der Waals surface area contributed by atoms with Crippen molar-refractivity contribution < 1.29 is 9.53 Å². The Morgan fingerprint density at radius 2 is 1.92 bits per heavy atom. The second-order valence-corrected chi connectivity index (χ2v) is 3.03. The Hall–Kier alpha value is -1.31. The molecule has 2 rings (SSSR count). The molecule has 0 bridgehead atoms. The Morgan fingerprint density at radius 3 is 2.42 bits per heavy atom. The molecule has 12 heavy (non-hydrogen) atoms. The first-order chi connectivity index (χ1) is 5.79. The van der Waals surface area contributed by atoms with E-state index in [-0.39, 0.29) is 18.0 Å². The van der Waals surface area contributed by atoms with Crippen molar-refractivity contribution in [1.29, 1.82) is 0 Å².